The Balaban J connectivity index is 1.73. The lowest BCUT2D eigenvalue weighted by molar-refractivity contribution is 0.396. The molecule has 0 aliphatic heterocycles. The van der Waals surface area contributed by atoms with E-state index in [1.54, 1.807) is 5.57 Å². The first-order chi connectivity index (χ1) is 19.2. The zero-order chi connectivity index (χ0) is 29.8. The second-order valence-electron chi connectivity index (χ2n) is 15.4. The maximum atomic E-state index is 4.00. The highest BCUT2D eigenvalue weighted by Gasteiger charge is 2.47. The Morgan fingerprint density at radius 1 is 0.659 bits per heavy atom. The second-order valence-corrected chi connectivity index (χ2v) is 15.4. The van der Waals surface area contributed by atoms with Gasteiger partial charge in [0.05, 0.1) is 0 Å². The topological polar surface area (TPSA) is 0 Å². The van der Waals surface area contributed by atoms with Crippen molar-refractivity contribution in [3.63, 3.8) is 0 Å². The van der Waals surface area contributed by atoms with Gasteiger partial charge < -0.3 is 0 Å². The van der Waals surface area contributed by atoms with Crippen LogP contribution in [0.15, 0.2) is 103 Å². The molecule has 0 fully saturated rings. The third-order valence-electron chi connectivity index (χ3n) is 10.1. The largest absolute Gasteiger partial charge is 0.103 e. The minimum absolute atomic E-state index is 0.0879. The summed E-state index contributed by atoms with van der Waals surface area (Å²) in [6.07, 6.45) is 10.2. The summed E-state index contributed by atoms with van der Waals surface area (Å²) in [6, 6.07) is 25.9. The van der Waals surface area contributed by atoms with E-state index in [1.807, 2.05) is 0 Å². The van der Waals surface area contributed by atoms with E-state index >= 15 is 0 Å². The average Bonchev–Trinajstić information content (AvgIpc) is 3.55. The average molecular weight is 543 g/mol. The summed E-state index contributed by atoms with van der Waals surface area (Å²) in [5.41, 5.74) is 13.2. The van der Waals surface area contributed by atoms with Gasteiger partial charge in [-0.25, -0.2) is 0 Å². The SMILES string of the molecule is C=CCCC(C)(C)C1=CC=C([C@@](C)(c2ccccc2)C2c3cc(C(C)(C)C)ccc3-c3ccc(C(C)(C)C)cc32)C1. The molecule has 0 aromatic heterocycles. The van der Waals surface area contributed by atoms with Gasteiger partial charge in [-0.1, -0.05) is 158 Å². The van der Waals surface area contributed by atoms with Crippen LogP contribution in [0, 0.1) is 5.41 Å². The smallest absolute Gasteiger partial charge is 0.0249 e. The third kappa shape index (κ3) is 5.20. The fourth-order valence-corrected chi connectivity index (χ4v) is 7.11. The quantitative estimate of drug-likeness (QED) is 0.260. The van der Waals surface area contributed by atoms with E-state index in [1.165, 1.54) is 44.5 Å². The predicted octanol–water partition coefficient (Wildman–Crippen LogP) is 11.6. The molecule has 2 aliphatic rings. The molecular weight excluding hydrogens is 492 g/mol. The van der Waals surface area contributed by atoms with Crippen molar-refractivity contribution in [1.29, 1.82) is 0 Å². The Morgan fingerprint density at radius 2 is 1.17 bits per heavy atom. The van der Waals surface area contributed by atoms with Crippen LogP contribution in [0.5, 0.6) is 0 Å². The standard InChI is InChI=1S/C41H50/c1-11-12-24-40(8,9)31-18-19-32(25-31)41(10,28-16-14-13-15-17-28)37-35-26-29(38(2,3)4)20-22-33(35)34-23-21-30(27-36(34)37)39(5,6)7/h11,13-23,26-27,37H,1,12,24-25H2,2-10H3/t41-/m1/s1. The van der Waals surface area contributed by atoms with E-state index in [0.29, 0.717) is 0 Å². The molecule has 0 bridgehead atoms. The summed E-state index contributed by atoms with van der Waals surface area (Å²) in [6.45, 7) is 25.3. The highest BCUT2D eigenvalue weighted by molar-refractivity contribution is 5.81. The summed E-state index contributed by atoms with van der Waals surface area (Å²) in [4.78, 5) is 0. The molecule has 0 heterocycles. The van der Waals surface area contributed by atoms with Gasteiger partial charge >= 0.3 is 0 Å². The molecule has 0 spiro atoms. The Hall–Kier alpha value is -3.12. The van der Waals surface area contributed by atoms with Gasteiger partial charge in [-0.3, -0.25) is 0 Å². The molecule has 0 amide bonds. The summed E-state index contributed by atoms with van der Waals surface area (Å²) in [5, 5.41) is 0. The van der Waals surface area contributed by atoms with Crippen LogP contribution in [0.2, 0.25) is 0 Å². The van der Waals surface area contributed by atoms with Gasteiger partial charge in [0.2, 0.25) is 0 Å². The molecule has 0 nitrogen and oxygen atoms in total. The first-order valence-electron chi connectivity index (χ1n) is 15.5. The minimum Gasteiger partial charge on any atom is -0.103 e. The van der Waals surface area contributed by atoms with Gasteiger partial charge in [0.15, 0.2) is 0 Å². The lowest BCUT2D eigenvalue weighted by Crippen LogP contribution is -2.33. The Kier molecular flexibility index (Phi) is 7.38. The van der Waals surface area contributed by atoms with E-state index < -0.39 is 0 Å². The number of allylic oxidation sites excluding steroid dienone is 5. The molecule has 0 unspecified atom stereocenters. The summed E-state index contributed by atoms with van der Waals surface area (Å²) >= 11 is 0. The van der Waals surface area contributed by atoms with Crippen LogP contribution in [0.25, 0.3) is 11.1 Å². The lowest BCUT2D eigenvalue weighted by atomic mass is 9.62. The zero-order valence-electron chi connectivity index (χ0n) is 27.0. The molecule has 0 radical (unpaired) electrons. The fraction of sp³-hybridized carbons (Fsp3) is 0.415. The van der Waals surface area contributed by atoms with Crippen molar-refractivity contribution in [2.24, 2.45) is 5.41 Å². The van der Waals surface area contributed by atoms with Gasteiger partial charge in [0, 0.05) is 11.3 Å². The van der Waals surface area contributed by atoms with E-state index in [4.69, 9.17) is 0 Å². The second kappa shape index (κ2) is 10.3. The van der Waals surface area contributed by atoms with Crippen molar-refractivity contribution < 1.29 is 0 Å². The lowest BCUT2D eigenvalue weighted by Gasteiger charge is -2.41. The zero-order valence-corrected chi connectivity index (χ0v) is 27.0. The van der Waals surface area contributed by atoms with E-state index in [0.717, 1.165) is 19.3 Å². The van der Waals surface area contributed by atoms with Crippen LogP contribution in [-0.2, 0) is 16.2 Å². The van der Waals surface area contributed by atoms with Crippen molar-refractivity contribution in [2.75, 3.05) is 0 Å². The van der Waals surface area contributed by atoms with E-state index in [2.05, 4.69) is 154 Å². The van der Waals surface area contributed by atoms with Crippen LogP contribution in [0.4, 0.5) is 0 Å². The van der Waals surface area contributed by atoms with Crippen molar-refractivity contribution in [3.05, 3.63) is 131 Å². The normalized spacial score (nSPS) is 17.0. The first-order valence-corrected chi connectivity index (χ1v) is 15.5. The fourth-order valence-electron chi connectivity index (χ4n) is 7.11. The number of rotatable bonds is 7. The van der Waals surface area contributed by atoms with Gasteiger partial charge in [0.25, 0.3) is 0 Å². The first kappa shape index (κ1) is 29.4. The van der Waals surface area contributed by atoms with Crippen LogP contribution in [0.3, 0.4) is 0 Å². The molecule has 214 valence electrons. The van der Waals surface area contributed by atoms with E-state index in [9.17, 15) is 0 Å². The van der Waals surface area contributed by atoms with Crippen LogP contribution in [0.1, 0.15) is 115 Å². The molecule has 0 saturated carbocycles. The number of fused-ring (bicyclic) bond motifs is 3. The monoisotopic (exact) mass is 542 g/mol. The van der Waals surface area contributed by atoms with Crippen molar-refractivity contribution >= 4 is 0 Å². The van der Waals surface area contributed by atoms with Gasteiger partial charge in [0.1, 0.15) is 0 Å². The van der Waals surface area contributed by atoms with Gasteiger partial charge in [-0.2, -0.15) is 0 Å². The molecule has 2 aliphatic carbocycles. The number of benzene rings is 3. The van der Waals surface area contributed by atoms with E-state index in [-0.39, 0.29) is 27.6 Å². The van der Waals surface area contributed by atoms with Crippen LogP contribution < -0.4 is 0 Å². The molecule has 5 rings (SSSR count). The predicted molar refractivity (Wildman–Crippen MR) is 179 cm³/mol. The molecule has 3 aromatic carbocycles. The third-order valence-corrected chi connectivity index (χ3v) is 10.1. The molecular formula is C41H50. The van der Waals surface area contributed by atoms with Crippen molar-refractivity contribution in [2.45, 2.75) is 104 Å². The minimum atomic E-state index is -0.193. The van der Waals surface area contributed by atoms with Crippen molar-refractivity contribution in [3.8, 4) is 11.1 Å². The van der Waals surface area contributed by atoms with Crippen LogP contribution in [-0.4, -0.2) is 0 Å². The molecule has 0 saturated heterocycles. The summed E-state index contributed by atoms with van der Waals surface area (Å²) < 4.78 is 0. The van der Waals surface area contributed by atoms with Crippen molar-refractivity contribution in [1.82, 2.24) is 0 Å². The summed E-state index contributed by atoms with van der Waals surface area (Å²) in [7, 11) is 0. The Bertz CT molecular complexity index is 1450. The Morgan fingerprint density at radius 3 is 1.66 bits per heavy atom. The Labute approximate surface area is 250 Å². The highest BCUT2D eigenvalue weighted by atomic mass is 14.5. The molecule has 41 heavy (non-hydrogen) atoms. The molecule has 1 atom stereocenters. The molecule has 3 aromatic rings. The van der Waals surface area contributed by atoms with Gasteiger partial charge in [-0.05, 0) is 74.5 Å². The van der Waals surface area contributed by atoms with Gasteiger partial charge in [-0.15, -0.1) is 6.58 Å². The number of hydrogen-bond donors (Lipinski definition) is 0. The van der Waals surface area contributed by atoms with Crippen LogP contribution >= 0.6 is 0 Å². The highest BCUT2D eigenvalue weighted by Crippen LogP contribution is 2.59. The maximum absolute atomic E-state index is 4.00. The maximum Gasteiger partial charge on any atom is 0.0249 e. The number of hydrogen-bond acceptors (Lipinski definition) is 0. The molecule has 0 N–H and O–H groups in total. The molecule has 0 heteroatoms. The summed E-state index contributed by atoms with van der Waals surface area (Å²) in [5.74, 6) is 0.231.